The van der Waals surface area contributed by atoms with Crippen molar-refractivity contribution in [1.29, 1.82) is 0 Å². The van der Waals surface area contributed by atoms with Crippen molar-refractivity contribution in [1.82, 2.24) is 0 Å². The fraction of sp³-hybridized carbons (Fsp3) is 0.571. The van der Waals surface area contributed by atoms with E-state index in [1.807, 2.05) is 19.1 Å². The number of ether oxygens (including phenoxy) is 2. The van der Waals surface area contributed by atoms with Gasteiger partial charge in [-0.25, -0.2) is 0 Å². The van der Waals surface area contributed by atoms with Crippen LogP contribution in [0, 0.1) is 5.92 Å². The Labute approximate surface area is 146 Å². The zero-order valence-electron chi connectivity index (χ0n) is 15.1. The third-order valence-corrected chi connectivity index (χ3v) is 4.74. The fourth-order valence-electron chi connectivity index (χ4n) is 3.40. The number of hydrogen-bond acceptors (Lipinski definition) is 3. The molecule has 3 nitrogen and oxygen atoms in total. The smallest absolute Gasteiger partial charge is 0.305 e. The monoisotopic (exact) mass is 330 g/mol. The summed E-state index contributed by atoms with van der Waals surface area (Å²) in [5.74, 6) is 1.24. The van der Waals surface area contributed by atoms with E-state index >= 15 is 0 Å². The molecule has 0 spiro atoms. The van der Waals surface area contributed by atoms with Gasteiger partial charge in [0.25, 0.3) is 0 Å². The molecular formula is C21H30O3. The zero-order chi connectivity index (χ0) is 17.2. The molecule has 132 valence electrons. The molecule has 1 atom stereocenters. The van der Waals surface area contributed by atoms with Gasteiger partial charge in [-0.05, 0) is 69.1 Å². The van der Waals surface area contributed by atoms with Gasteiger partial charge < -0.3 is 9.47 Å². The third kappa shape index (κ3) is 6.03. The van der Waals surface area contributed by atoms with E-state index in [0.29, 0.717) is 18.9 Å². The van der Waals surface area contributed by atoms with Crippen LogP contribution < -0.4 is 4.74 Å². The molecule has 1 unspecified atom stereocenters. The van der Waals surface area contributed by atoms with Gasteiger partial charge in [0.2, 0.25) is 0 Å². The van der Waals surface area contributed by atoms with Crippen LogP contribution in [0.2, 0.25) is 0 Å². The van der Waals surface area contributed by atoms with Crippen molar-refractivity contribution in [3.05, 3.63) is 41.5 Å². The summed E-state index contributed by atoms with van der Waals surface area (Å²) in [4.78, 5) is 11.8. The van der Waals surface area contributed by atoms with Gasteiger partial charge in [0.1, 0.15) is 5.75 Å². The number of esters is 1. The molecule has 0 fully saturated rings. The lowest BCUT2D eigenvalue weighted by Gasteiger charge is -2.20. The maximum absolute atomic E-state index is 11.8. The first kappa shape index (κ1) is 18.6. The topological polar surface area (TPSA) is 35.5 Å². The molecule has 0 heterocycles. The maximum Gasteiger partial charge on any atom is 0.305 e. The Balaban J connectivity index is 2.05. The molecule has 3 heteroatoms. The van der Waals surface area contributed by atoms with Gasteiger partial charge in [-0.3, -0.25) is 4.79 Å². The highest BCUT2D eigenvalue weighted by Gasteiger charge is 2.18. The molecule has 0 radical (unpaired) electrons. The minimum absolute atomic E-state index is 0.0774. The van der Waals surface area contributed by atoms with E-state index in [4.69, 9.17) is 9.47 Å². The highest BCUT2D eigenvalue weighted by Crippen LogP contribution is 2.30. The second kappa shape index (κ2) is 10.2. The number of benzene rings is 1. The molecule has 0 saturated carbocycles. The fourth-order valence-corrected chi connectivity index (χ4v) is 3.40. The van der Waals surface area contributed by atoms with E-state index in [1.54, 1.807) is 7.11 Å². The van der Waals surface area contributed by atoms with E-state index in [0.717, 1.165) is 18.6 Å². The summed E-state index contributed by atoms with van der Waals surface area (Å²) in [5.41, 5.74) is 2.84. The first-order valence-corrected chi connectivity index (χ1v) is 9.20. The lowest BCUT2D eigenvalue weighted by molar-refractivity contribution is -0.143. The SMILES string of the molecule is CCOC(=O)CCC(Cc1ccc(OC)cc1)C1=CCCCCC1. The average Bonchev–Trinajstić information content (AvgIpc) is 2.89. The van der Waals surface area contributed by atoms with Crippen molar-refractivity contribution >= 4 is 5.97 Å². The van der Waals surface area contributed by atoms with Crippen LogP contribution in [0.4, 0.5) is 0 Å². The molecule has 24 heavy (non-hydrogen) atoms. The van der Waals surface area contributed by atoms with Gasteiger partial charge in [-0.1, -0.05) is 30.2 Å². The quantitative estimate of drug-likeness (QED) is 0.492. The number of allylic oxidation sites excluding steroid dienone is 2. The summed E-state index contributed by atoms with van der Waals surface area (Å²) in [6.07, 6.45) is 11.0. The van der Waals surface area contributed by atoms with E-state index in [9.17, 15) is 4.79 Å². The van der Waals surface area contributed by atoms with Gasteiger partial charge >= 0.3 is 5.97 Å². The van der Waals surface area contributed by atoms with Gasteiger partial charge in [0.05, 0.1) is 13.7 Å². The second-order valence-electron chi connectivity index (χ2n) is 6.47. The Hall–Kier alpha value is -1.77. The molecule has 0 saturated heterocycles. The molecular weight excluding hydrogens is 300 g/mol. The summed E-state index contributed by atoms with van der Waals surface area (Å²) in [5, 5.41) is 0. The highest BCUT2D eigenvalue weighted by atomic mass is 16.5. The molecule has 1 aliphatic rings. The number of rotatable bonds is 8. The summed E-state index contributed by atoms with van der Waals surface area (Å²) < 4.78 is 10.4. The van der Waals surface area contributed by atoms with Crippen LogP contribution in [-0.2, 0) is 16.0 Å². The molecule has 0 N–H and O–H groups in total. The Kier molecular flexibility index (Phi) is 7.87. The van der Waals surface area contributed by atoms with Crippen LogP contribution in [0.3, 0.4) is 0 Å². The summed E-state index contributed by atoms with van der Waals surface area (Å²) >= 11 is 0. The van der Waals surface area contributed by atoms with Crippen LogP contribution >= 0.6 is 0 Å². The van der Waals surface area contributed by atoms with E-state index in [-0.39, 0.29) is 5.97 Å². The van der Waals surface area contributed by atoms with Crippen LogP contribution in [0.1, 0.15) is 57.4 Å². The van der Waals surface area contributed by atoms with Crippen molar-refractivity contribution in [2.75, 3.05) is 13.7 Å². The lowest BCUT2D eigenvalue weighted by atomic mass is 9.85. The van der Waals surface area contributed by atoms with Crippen molar-refractivity contribution in [2.45, 2.75) is 58.3 Å². The maximum atomic E-state index is 11.8. The molecule has 0 amide bonds. The molecule has 1 aliphatic carbocycles. The molecule has 2 rings (SSSR count). The van der Waals surface area contributed by atoms with Crippen LogP contribution in [0.25, 0.3) is 0 Å². The molecule has 1 aromatic carbocycles. The lowest BCUT2D eigenvalue weighted by Crippen LogP contribution is -2.12. The van der Waals surface area contributed by atoms with Crippen LogP contribution in [0.5, 0.6) is 5.75 Å². The summed E-state index contributed by atoms with van der Waals surface area (Å²) in [6, 6.07) is 8.29. The third-order valence-electron chi connectivity index (χ3n) is 4.74. The largest absolute Gasteiger partial charge is 0.497 e. The number of carbonyl (C=O) groups is 1. The molecule has 0 aliphatic heterocycles. The normalized spacial score (nSPS) is 16.0. The van der Waals surface area contributed by atoms with Crippen molar-refractivity contribution in [3.8, 4) is 5.75 Å². The van der Waals surface area contributed by atoms with Crippen molar-refractivity contribution < 1.29 is 14.3 Å². The predicted molar refractivity (Wildman–Crippen MR) is 97.2 cm³/mol. The Morgan fingerprint density at radius 1 is 1.17 bits per heavy atom. The van der Waals surface area contributed by atoms with E-state index in [1.165, 1.54) is 43.2 Å². The van der Waals surface area contributed by atoms with Gasteiger partial charge in [-0.15, -0.1) is 0 Å². The predicted octanol–water partition coefficient (Wildman–Crippen LogP) is 5.09. The van der Waals surface area contributed by atoms with Gasteiger partial charge in [0.15, 0.2) is 0 Å². The number of hydrogen-bond donors (Lipinski definition) is 0. The average molecular weight is 330 g/mol. The van der Waals surface area contributed by atoms with Crippen LogP contribution in [0.15, 0.2) is 35.9 Å². The number of methoxy groups -OCH3 is 1. The van der Waals surface area contributed by atoms with E-state index in [2.05, 4.69) is 18.2 Å². The minimum atomic E-state index is -0.0774. The van der Waals surface area contributed by atoms with E-state index < -0.39 is 0 Å². The summed E-state index contributed by atoms with van der Waals surface area (Å²) in [7, 11) is 1.69. The minimum Gasteiger partial charge on any atom is -0.497 e. The zero-order valence-corrected chi connectivity index (χ0v) is 15.1. The van der Waals surface area contributed by atoms with Crippen molar-refractivity contribution in [2.24, 2.45) is 5.92 Å². The first-order valence-electron chi connectivity index (χ1n) is 9.20. The van der Waals surface area contributed by atoms with Crippen molar-refractivity contribution in [3.63, 3.8) is 0 Å². The Bertz CT molecular complexity index is 531. The van der Waals surface area contributed by atoms with Crippen LogP contribution in [-0.4, -0.2) is 19.7 Å². The number of carbonyl (C=O) groups excluding carboxylic acids is 1. The van der Waals surface area contributed by atoms with Gasteiger partial charge in [0, 0.05) is 6.42 Å². The summed E-state index contributed by atoms with van der Waals surface area (Å²) in [6.45, 7) is 2.32. The Morgan fingerprint density at radius 2 is 1.96 bits per heavy atom. The molecule has 0 bridgehead atoms. The molecule has 1 aromatic rings. The second-order valence-corrected chi connectivity index (χ2v) is 6.47. The molecule has 0 aromatic heterocycles. The Morgan fingerprint density at radius 3 is 2.67 bits per heavy atom. The highest BCUT2D eigenvalue weighted by molar-refractivity contribution is 5.69. The van der Waals surface area contributed by atoms with Gasteiger partial charge in [-0.2, -0.15) is 0 Å². The first-order chi connectivity index (χ1) is 11.7. The standard InChI is InChI=1S/C21H30O3/c1-3-24-21(22)15-12-19(18-8-6-4-5-7-9-18)16-17-10-13-20(23-2)14-11-17/h8,10-11,13-14,19H,3-7,9,12,15-16H2,1-2H3.